The summed E-state index contributed by atoms with van der Waals surface area (Å²) in [5.74, 6) is -0.387. The van der Waals surface area contributed by atoms with E-state index in [2.05, 4.69) is 6.92 Å². The summed E-state index contributed by atoms with van der Waals surface area (Å²) in [6.45, 7) is 3.34. The van der Waals surface area contributed by atoms with Crippen molar-refractivity contribution in [3.05, 3.63) is 35.4 Å². The van der Waals surface area contributed by atoms with Crippen LogP contribution in [0.4, 0.5) is 0 Å². The normalized spacial score (nSPS) is 12.3. The van der Waals surface area contributed by atoms with Crippen LogP contribution in [0.1, 0.15) is 37.0 Å². The van der Waals surface area contributed by atoms with Crippen LogP contribution in [0, 0.1) is 0 Å². The van der Waals surface area contributed by atoms with E-state index in [0.29, 0.717) is 11.5 Å². The van der Waals surface area contributed by atoms with E-state index in [1.807, 2.05) is 4.90 Å². The van der Waals surface area contributed by atoms with Gasteiger partial charge in [0.15, 0.2) is 0 Å². The Morgan fingerprint density at radius 2 is 1.95 bits per heavy atom. The Labute approximate surface area is 130 Å². The first-order valence-electron chi connectivity index (χ1n) is 7.02. The molecule has 1 aromatic carbocycles. The van der Waals surface area contributed by atoms with Crippen LogP contribution in [-0.2, 0) is 4.79 Å². The third-order valence-corrected chi connectivity index (χ3v) is 3.45. The van der Waals surface area contributed by atoms with Gasteiger partial charge in [0.25, 0.3) is 0 Å². The summed E-state index contributed by atoms with van der Waals surface area (Å²) >= 11 is 4.89. The number of carbonyl (C=O) groups is 1. The number of hydrogen-bond acceptors (Lipinski definition) is 4. The molecule has 0 saturated carbocycles. The first-order chi connectivity index (χ1) is 9.93. The number of aliphatic hydroxyl groups excluding tert-OH is 1. The number of thiocarbonyl (C=S) groups is 1. The van der Waals surface area contributed by atoms with Gasteiger partial charge in [-0.1, -0.05) is 49.8 Å². The van der Waals surface area contributed by atoms with Gasteiger partial charge in [-0.05, 0) is 18.5 Å². The summed E-state index contributed by atoms with van der Waals surface area (Å²) in [6.07, 6.45) is 1.30. The lowest BCUT2D eigenvalue weighted by Gasteiger charge is -2.23. The van der Waals surface area contributed by atoms with Gasteiger partial charge < -0.3 is 16.6 Å². The SMILES string of the molecule is CCCCN(CC(N)=O)CC(O)c1ccc(C(N)=S)cc1. The molecule has 0 aliphatic carbocycles. The summed E-state index contributed by atoms with van der Waals surface area (Å²) in [4.78, 5) is 13.3. The fourth-order valence-electron chi connectivity index (χ4n) is 2.06. The maximum Gasteiger partial charge on any atom is 0.231 e. The van der Waals surface area contributed by atoms with Gasteiger partial charge in [-0.25, -0.2) is 0 Å². The molecular formula is C15H23N3O2S. The van der Waals surface area contributed by atoms with Gasteiger partial charge in [-0.3, -0.25) is 9.69 Å². The lowest BCUT2D eigenvalue weighted by Crippen LogP contribution is -2.37. The maximum absolute atomic E-state index is 11.1. The molecular weight excluding hydrogens is 286 g/mol. The molecule has 0 aliphatic rings. The molecule has 1 unspecified atom stereocenters. The highest BCUT2D eigenvalue weighted by Gasteiger charge is 2.15. The topological polar surface area (TPSA) is 92.6 Å². The molecule has 1 amide bonds. The fourth-order valence-corrected chi connectivity index (χ4v) is 2.19. The first-order valence-corrected chi connectivity index (χ1v) is 7.43. The zero-order valence-electron chi connectivity index (χ0n) is 12.3. The summed E-state index contributed by atoms with van der Waals surface area (Å²) in [7, 11) is 0. The summed E-state index contributed by atoms with van der Waals surface area (Å²) in [6, 6.07) is 7.15. The van der Waals surface area contributed by atoms with Gasteiger partial charge in [-0.2, -0.15) is 0 Å². The summed E-state index contributed by atoms with van der Waals surface area (Å²) in [5.41, 5.74) is 12.3. The number of nitrogens with zero attached hydrogens (tertiary/aromatic N) is 1. The Morgan fingerprint density at radius 1 is 1.33 bits per heavy atom. The van der Waals surface area contributed by atoms with Crippen LogP contribution in [0.25, 0.3) is 0 Å². The quantitative estimate of drug-likeness (QED) is 0.590. The van der Waals surface area contributed by atoms with E-state index >= 15 is 0 Å². The molecule has 0 fully saturated rings. The van der Waals surface area contributed by atoms with Crippen molar-refractivity contribution in [1.82, 2.24) is 4.90 Å². The number of amides is 1. The molecule has 116 valence electrons. The third-order valence-electron chi connectivity index (χ3n) is 3.22. The summed E-state index contributed by atoms with van der Waals surface area (Å²) < 4.78 is 0. The molecule has 0 spiro atoms. The van der Waals surface area contributed by atoms with Gasteiger partial charge in [0.1, 0.15) is 4.99 Å². The van der Waals surface area contributed by atoms with Crippen LogP contribution in [0.3, 0.4) is 0 Å². The van der Waals surface area contributed by atoms with Crippen molar-refractivity contribution in [3.8, 4) is 0 Å². The zero-order chi connectivity index (χ0) is 15.8. The van der Waals surface area contributed by atoms with Crippen LogP contribution < -0.4 is 11.5 Å². The summed E-state index contributed by atoms with van der Waals surface area (Å²) in [5, 5.41) is 10.3. The molecule has 0 radical (unpaired) electrons. The average molecular weight is 309 g/mol. The van der Waals surface area contributed by atoms with E-state index in [1.165, 1.54) is 0 Å². The molecule has 0 aliphatic heterocycles. The maximum atomic E-state index is 11.1. The minimum absolute atomic E-state index is 0.155. The number of nitrogens with two attached hydrogens (primary N) is 2. The lowest BCUT2D eigenvalue weighted by atomic mass is 10.1. The van der Waals surface area contributed by atoms with E-state index in [1.54, 1.807) is 24.3 Å². The number of primary amides is 1. The molecule has 0 saturated heterocycles. The molecule has 5 N–H and O–H groups in total. The number of carbonyl (C=O) groups excluding carboxylic acids is 1. The number of aliphatic hydroxyl groups is 1. The van der Waals surface area contributed by atoms with Crippen LogP contribution >= 0.6 is 12.2 Å². The Kier molecular flexibility index (Phi) is 7.28. The predicted molar refractivity (Wildman–Crippen MR) is 87.8 cm³/mol. The van der Waals surface area contributed by atoms with E-state index in [0.717, 1.165) is 30.5 Å². The van der Waals surface area contributed by atoms with Gasteiger partial charge in [0.2, 0.25) is 5.91 Å². The monoisotopic (exact) mass is 309 g/mol. The highest BCUT2D eigenvalue weighted by molar-refractivity contribution is 7.80. The fraction of sp³-hybridized carbons (Fsp3) is 0.467. The Morgan fingerprint density at radius 3 is 2.43 bits per heavy atom. The predicted octanol–water partition coefficient (Wildman–Crippen LogP) is 0.942. The van der Waals surface area contributed by atoms with Crippen LogP contribution in [0.2, 0.25) is 0 Å². The minimum atomic E-state index is -0.679. The largest absolute Gasteiger partial charge is 0.389 e. The molecule has 21 heavy (non-hydrogen) atoms. The molecule has 6 heteroatoms. The standard InChI is InChI=1S/C15H23N3O2S/c1-2-3-8-18(10-14(16)20)9-13(19)11-4-6-12(7-5-11)15(17)21/h4-7,13,19H,2-3,8-10H2,1H3,(H2,16,20)(H2,17,21). The molecule has 0 aromatic heterocycles. The number of rotatable bonds is 9. The van der Waals surface area contributed by atoms with Gasteiger partial charge >= 0.3 is 0 Å². The molecule has 5 nitrogen and oxygen atoms in total. The van der Waals surface area contributed by atoms with Gasteiger partial charge in [-0.15, -0.1) is 0 Å². The second-order valence-corrected chi connectivity index (χ2v) is 5.50. The van der Waals surface area contributed by atoms with E-state index in [9.17, 15) is 9.90 Å². The van der Waals surface area contributed by atoms with Gasteiger partial charge in [0, 0.05) is 12.1 Å². The molecule has 0 bridgehead atoms. The van der Waals surface area contributed by atoms with Crippen LogP contribution in [0.15, 0.2) is 24.3 Å². The number of unbranched alkanes of at least 4 members (excludes halogenated alkanes) is 1. The Bertz CT molecular complexity index is 476. The van der Waals surface area contributed by atoms with Crippen molar-refractivity contribution in [2.45, 2.75) is 25.9 Å². The lowest BCUT2D eigenvalue weighted by molar-refractivity contribution is -0.119. The number of hydrogen-bond donors (Lipinski definition) is 3. The van der Waals surface area contributed by atoms with Crippen LogP contribution in [0.5, 0.6) is 0 Å². The van der Waals surface area contributed by atoms with E-state index in [-0.39, 0.29) is 12.5 Å². The molecule has 0 heterocycles. The minimum Gasteiger partial charge on any atom is -0.389 e. The second kappa shape index (κ2) is 8.71. The first kappa shape index (κ1) is 17.6. The highest BCUT2D eigenvalue weighted by Crippen LogP contribution is 2.15. The zero-order valence-corrected chi connectivity index (χ0v) is 13.1. The second-order valence-electron chi connectivity index (χ2n) is 5.06. The third kappa shape index (κ3) is 6.20. The molecule has 1 atom stereocenters. The number of benzene rings is 1. The Hall–Kier alpha value is -1.50. The smallest absolute Gasteiger partial charge is 0.231 e. The molecule has 1 rings (SSSR count). The molecule has 1 aromatic rings. The van der Waals surface area contributed by atoms with Crippen molar-refractivity contribution < 1.29 is 9.90 Å². The van der Waals surface area contributed by atoms with Gasteiger partial charge in [0.05, 0.1) is 12.6 Å². The van der Waals surface area contributed by atoms with Crippen molar-refractivity contribution in [2.24, 2.45) is 11.5 Å². The van der Waals surface area contributed by atoms with Crippen molar-refractivity contribution >= 4 is 23.1 Å². The van der Waals surface area contributed by atoms with Crippen molar-refractivity contribution in [3.63, 3.8) is 0 Å². The van der Waals surface area contributed by atoms with Crippen molar-refractivity contribution in [1.29, 1.82) is 0 Å². The van der Waals surface area contributed by atoms with E-state index < -0.39 is 6.10 Å². The van der Waals surface area contributed by atoms with Crippen LogP contribution in [-0.4, -0.2) is 40.5 Å². The Balaban J connectivity index is 2.68. The van der Waals surface area contributed by atoms with E-state index in [4.69, 9.17) is 23.7 Å². The highest BCUT2D eigenvalue weighted by atomic mass is 32.1. The van der Waals surface area contributed by atoms with Crippen molar-refractivity contribution in [2.75, 3.05) is 19.6 Å². The average Bonchev–Trinajstić information content (AvgIpc) is 2.44.